The summed E-state index contributed by atoms with van der Waals surface area (Å²) >= 11 is 12.0. The molecule has 3 rings (SSSR count). The predicted molar refractivity (Wildman–Crippen MR) is 135 cm³/mol. The van der Waals surface area contributed by atoms with Crippen molar-refractivity contribution in [2.24, 2.45) is 0 Å². The second-order valence-electron chi connectivity index (χ2n) is 7.89. The number of amides is 2. The van der Waals surface area contributed by atoms with Gasteiger partial charge in [0, 0.05) is 51.5 Å². The summed E-state index contributed by atoms with van der Waals surface area (Å²) in [6.07, 6.45) is 0. The van der Waals surface area contributed by atoms with Gasteiger partial charge in [-0.2, -0.15) is 0 Å². The molecular formula is C23H30Cl2N6O2. The minimum absolute atomic E-state index is 0.0992. The highest BCUT2D eigenvalue weighted by Crippen LogP contribution is 2.32. The van der Waals surface area contributed by atoms with Gasteiger partial charge in [0.25, 0.3) is 0 Å². The quantitative estimate of drug-likeness (QED) is 0.304. The first-order chi connectivity index (χ1) is 15.8. The normalized spacial score (nSPS) is 13.5. The number of rotatable bonds is 7. The van der Waals surface area contributed by atoms with Crippen molar-refractivity contribution in [2.45, 2.75) is 13.5 Å². The van der Waals surface area contributed by atoms with Gasteiger partial charge in [0.15, 0.2) is 0 Å². The van der Waals surface area contributed by atoms with Gasteiger partial charge in [-0.15, -0.1) is 0 Å². The number of urea groups is 1. The third-order valence-corrected chi connectivity index (χ3v) is 6.35. The second-order valence-corrected chi connectivity index (χ2v) is 8.70. The molecule has 2 aromatic carbocycles. The number of amidine groups is 1. The molecule has 1 aliphatic heterocycles. The first-order valence-corrected chi connectivity index (χ1v) is 11.4. The molecule has 0 aromatic heterocycles. The third kappa shape index (κ3) is 6.58. The average molecular weight is 493 g/mol. The van der Waals surface area contributed by atoms with Crippen molar-refractivity contribution >= 4 is 46.4 Å². The van der Waals surface area contributed by atoms with Crippen molar-refractivity contribution in [3.05, 3.63) is 52.0 Å². The van der Waals surface area contributed by atoms with Crippen LogP contribution in [0.2, 0.25) is 10.0 Å². The highest BCUT2D eigenvalue weighted by Gasteiger charge is 2.23. The number of methoxy groups -OCH3 is 1. The zero-order valence-electron chi connectivity index (χ0n) is 19.1. The van der Waals surface area contributed by atoms with Gasteiger partial charge in [-0.25, -0.2) is 4.79 Å². The van der Waals surface area contributed by atoms with Gasteiger partial charge in [0.2, 0.25) is 0 Å². The Bertz CT molecular complexity index is 995. The van der Waals surface area contributed by atoms with Crippen LogP contribution < -0.4 is 20.3 Å². The molecule has 2 aromatic rings. The molecule has 2 amide bonds. The molecule has 0 atom stereocenters. The van der Waals surface area contributed by atoms with Crippen molar-refractivity contribution < 1.29 is 9.53 Å². The SMILES string of the molecule is COc1cc(NCN(C)C(C)=N)ccc1N1CCN(C(=O)NCc2ccc(Cl)c(Cl)c2)CC1. The van der Waals surface area contributed by atoms with Crippen LogP contribution >= 0.6 is 23.2 Å². The maximum Gasteiger partial charge on any atom is 0.317 e. The van der Waals surface area contributed by atoms with Crippen LogP contribution in [0.15, 0.2) is 36.4 Å². The maximum atomic E-state index is 12.6. The van der Waals surface area contributed by atoms with E-state index < -0.39 is 0 Å². The Balaban J connectivity index is 1.53. The molecule has 1 aliphatic rings. The topological polar surface area (TPSA) is 83.9 Å². The van der Waals surface area contributed by atoms with Crippen LogP contribution in [-0.4, -0.2) is 68.7 Å². The molecule has 1 saturated heterocycles. The lowest BCUT2D eigenvalue weighted by Gasteiger charge is -2.36. The van der Waals surface area contributed by atoms with E-state index in [-0.39, 0.29) is 6.03 Å². The fourth-order valence-electron chi connectivity index (χ4n) is 3.47. The van der Waals surface area contributed by atoms with E-state index in [9.17, 15) is 4.79 Å². The summed E-state index contributed by atoms with van der Waals surface area (Å²) in [7, 11) is 3.52. The van der Waals surface area contributed by atoms with Gasteiger partial charge in [0.1, 0.15) is 5.75 Å². The minimum atomic E-state index is -0.0992. The summed E-state index contributed by atoms with van der Waals surface area (Å²) < 4.78 is 5.62. The largest absolute Gasteiger partial charge is 0.495 e. The van der Waals surface area contributed by atoms with Crippen LogP contribution in [-0.2, 0) is 6.54 Å². The second kappa shape index (κ2) is 11.3. The number of anilines is 2. The highest BCUT2D eigenvalue weighted by molar-refractivity contribution is 6.42. The summed E-state index contributed by atoms with van der Waals surface area (Å²) in [6.45, 7) is 5.31. The number of carbonyl (C=O) groups is 1. The summed E-state index contributed by atoms with van der Waals surface area (Å²) in [5.74, 6) is 1.26. The Morgan fingerprint density at radius 1 is 1.12 bits per heavy atom. The molecule has 0 saturated carbocycles. The standard InChI is InChI=1S/C23H30Cl2N6O2/c1-16(26)29(2)15-28-18-5-7-21(22(13-18)33-3)30-8-10-31(11-9-30)23(32)27-14-17-4-6-19(24)20(25)12-17/h4-7,12-13,26,28H,8-11,14-15H2,1-3H3,(H,27,32). The fourth-order valence-corrected chi connectivity index (χ4v) is 3.79. The highest BCUT2D eigenvalue weighted by atomic mass is 35.5. The number of nitrogens with one attached hydrogen (secondary N) is 3. The number of carbonyl (C=O) groups excluding carboxylic acids is 1. The Kier molecular flexibility index (Phi) is 8.52. The van der Waals surface area contributed by atoms with E-state index in [1.54, 1.807) is 26.2 Å². The van der Waals surface area contributed by atoms with Crippen LogP contribution in [0.25, 0.3) is 0 Å². The third-order valence-electron chi connectivity index (χ3n) is 5.61. The molecule has 10 heteroatoms. The number of ether oxygens (including phenoxy) is 1. The van der Waals surface area contributed by atoms with E-state index in [0.29, 0.717) is 55.3 Å². The van der Waals surface area contributed by atoms with E-state index in [1.165, 1.54) is 0 Å². The lowest BCUT2D eigenvalue weighted by atomic mass is 10.2. The van der Waals surface area contributed by atoms with Gasteiger partial charge in [-0.05, 0) is 36.8 Å². The molecule has 33 heavy (non-hydrogen) atoms. The average Bonchev–Trinajstić information content (AvgIpc) is 2.82. The first kappa shape index (κ1) is 24.8. The van der Waals surface area contributed by atoms with E-state index >= 15 is 0 Å². The number of nitrogens with zero attached hydrogens (tertiary/aromatic N) is 3. The molecule has 8 nitrogen and oxygen atoms in total. The lowest BCUT2D eigenvalue weighted by Crippen LogP contribution is -2.51. The summed E-state index contributed by atoms with van der Waals surface area (Å²) in [5, 5.41) is 14.9. The van der Waals surface area contributed by atoms with E-state index in [4.69, 9.17) is 33.3 Å². The van der Waals surface area contributed by atoms with E-state index in [1.807, 2.05) is 41.1 Å². The molecule has 3 N–H and O–H groups in total. The van der Waals surface area contributed by atoms with Crippen molar-refractivity contribution in [1.82, 2.24) is 15.1 Å². The zero-order valence-corrected chi connectivity index (χ0v) is 20.6. The number of hydrogen-bond donors (Lipinski definition) is 3. The van der Waals surface area contributed by atoms with Crippen molar-refractivity contribution in [1.29, 1.82) is 5.41 Å². The number of piperazine rings is 1. The molecule has 0 radical (unpaired) electrons. The molecule has 0 spiro atoms. The lowest BCUT2D eigenvalue weighted by molar-refractivity contribution is 0.194. The van der Waals surface area contributed by atoms with E-state index in [0.717, 1.165) is 22.7 Å². The minimum Gasteiger partial charge on any atom is -0.495 e. The van der Waals surface area contributed by atoms with Crippen molar-refractivity contribution in [2.75, 3.05) is 57.2 Å². The van der Waals surface area contributed by atoms with Gasteiger partial charge in [-0.1, -0.05) is 29.3 Å². The summed E-state index contributed by atoms with van der Waals surface area (Å²) in [4.78, 5) is 18.4. The Morgan fingerprint density at radius 2 is 1.85 bits per heavy atom. The van der Waals surface area contributed by atoms with Crippen molar-refractivity contribution in [3.63, 3.8) is 0 Å². The van der Waals surface area contributed by atoms with Gasteiger partial charge in [0.05, 0.1) is 35.3 Å². The van der Waals surface area contributed by atoms with Crippen LogP contribution in [0.3, 0.4) is 0 Å². The molecular weight excluding hydrogens is 463 g/mol. The van der Waals surface area contributed by atoms with Gasteiger partial charge in [-0.3, -0.25) is 5.41 Å². The summed E-state index contributed by atoms with van der Waals surface area (Å²) in [6, 6.07) is 11.2. The van der Waals surface area contributed by atoms with Gasteiger partial charge < -0.3 is 30.1 Å². The predicted octanol–water partition coefficient (Wildman–Crippen LogP) is 4.33. The van der Waals surface area contributed by atoms with Crippen molar-refractivity contribution in [3.8, 4) is 5.75 Å². The number of benzene rings is 2. The Hall–Kier alpha value is -2.84. The Morgan fingerprint density at radius 3 is 2.48 bits per heavy atom. The van der Waals surface area contributed by atoms with Crippen LogP contribution in [0.5, 0.6) is 5.75 Å². The van der Waals surface area contributed by atoms with Crippen LogP contribution in [0, 0.1) is 5.41 Å². The Labute approximate surface area is 204 Å². The molecule has 178 valence electrons. The van der Waals surface area contributed by atoms with Crippen LogP contribution in [0.4, 0.5) is 16.2 Å². The smallest absolute Gasteiger partial charge is 0.317 e. The molecule has 0 bridgehead atoms. The molecule has 1 heterocycles. The van der Waals surface area contributed by atoms with Gasteiger partial charge >= 0.3 is 6.03 Å². The molecule has 0 unspecified atom stereocenters. The van der Waals surface area contributed by atoms with Crippen LogP contribution in [0.1, 0.15) is 12.5 Å². The summed E-state index contributed by atoms with van der Waals surface area (Å²) in [5.41, 5.74) is 2.82. The zero-order chi connectivity index (χ0) is 24.0. The first-order valence-electron chi connectivity index (χ1n) is 10.7. The molecule has 0 aliphatic carbocycles. The molecule has 1 fully saturated rings. The number of halogens is 2. The monoisotopic (exact) mass is 492 g/mol. The fraction of sp³-hybridized carbons (Fsp3) is 0.391. The maximum absolute atomic E-state index is 12.6. The number of hydrogen-bond acceptors (Lipinski definition) is 5. The van der Waals surface area contributed by atoms with E-state index in [2.05, 4.69) is 15.5 Å².